The fourth-order valence-electron chi connectivity index (χ4n) is 4.25. The molecule has 0 aliphatic rings. The number of carbonyl (C=O) groups is 2. The predicted octanol–water partition coefficient (Wildman–Crippen LogP) is 5.94. The Morgan fingerprint density at radius 2 is 1.62 bits per heavy atom. The molecule has 42 heavy (non-hydrogen) atoms. The Morgan fingerprint density at radius 1 is 0.952 bits per heavy atom. The number of anilines is 1. The van der Waals surface area contributed by atoms with Crippen LogP contribution in [0, 0.1) is 0 Å². The Morgan fingerprint density at radius 3 is 2.21 bits per heavy atom. The van der Waals surface area contributed by atoms with Crippen molar-refractivity contribution in [3.05, 3.63) is 99.5 Å². The van der Waals surface area contributed by atoms with Crippen molar-refractivity contribution in [2.24, 2.45) is 0 Å². The molecule has 2 amide bonds. The van der Waals surface area contributed by atoms with Crippen LogP contribution in [-0.2, 0) is 38.8 Å². The Hall–Kier alpha value is -3.28. The van der Waals surface area contributed by atoms with Crippen LogP contribution >= 0.6 is 23.2 Å². The van der Waals surface area contributed by atoms with Crippen molar-refractivity contribution in [3.8, 4) is 0 Å². The summed E-state index contributed by atoms with van der Waals surface area (Å²) in [7, 11) is -4.27. The van der Waals surface area contributed by atoms with E-state index >= 15 is 0 Å². The summed E-state index contributed by atoms with van der Waals surface area (Å²) in [6.45, 7) is 1.21. The average Bonchev–Trinajstić information content (AvgIpc) is 2.92. The highest BCUT2D eigenvalue weighted by molar-refractivity contribution is 7.92. The van der Waals surface area contributed by atoms with Gasteiger partial charge in [-0.2, -0.15) is 13.2 Å². The maximum Gasteiger partial charge on any atom is 0.417 e. The SMILES string of the molecule is CCCNC(=O)C(Cc1ccccc1)N(Cc1cccc(Cl)c1)C(=O)CN(c1ccc(Cl)c(C(F)(F)F)c1)S(C)(=O)=O. The zero-order chi connectivity index (χ0) is 31.1. The van der Waals surface area contributed by atoms with Crippen LogP contribution in [0.25, 0.3) is 0 Å². The molecule has 226 valence electrons. The number of hydrogen-bond acceptors (Lipinski definition) is 4. The Balaban J connectivity index is 2.09. The number of benzene rings is 3. The lowest BCUT2D eigenvalue weighted by atomic mass is 10.0. The molecule has 0 heterocycles. The minimum Gasteiger partial charge on any atom is -0.354 e. The second kappa shape index (κ2) is 14.3. The van der Waals surface area contributed by atoms with E-state index in [-0.39, 0.29) is 13.0 Å². The van der Waals surface area contributed by atoms with Crippen molar-refractivity contribution in [3.63, 3.8) is 0 Å². The number of nitrogens with zero attached hydrogens (tertiary/aromatic N) is 2. The van der Waals surface area contributed by atoms with E-state index in [0.29, 0.717) is 33.9 Å². The lowest BCUT2D eigenvalue weighted by Crippen LogP contribution is -2.53. The first kappa shape index (κ1) is 33.2. The van der Waals surface area contributed by atoms with Crippen LogP contribution in [0.1, 0.15) is 30.0 Å². The van der Waals surface area contributed by atoms with Crippen molar-refractivity contribution in [1.29, 1.82) is 0 Å². The van der Waals surface area contributed by atoms with Crippen LogP contribution in [0.5, 0.6) is 0 Å². The van der Waals surface area contributed by atoms with E-state index in [1.165, 1.54) is 4.90 Å². The predicted molar refractivity (Wildman–Crippen MR) is 158 cm³/mol. The van der Waals surface area contributed by atoms with Crippen molar-refractivity contribution >= 4 is 50.7 Å². The molecule has 0 radical (unpaired) electrons. The van der Waals surface area contributed by atoms with Gasteiger partial charge in [0.2, 0.25) is 21.8 Å². The third-order valence-corrected chi connectivity index (χ3v) is 7.99. The molecule has 3 rings (SSSR count). The molecule has 1 atom stereocenters. The van der Waals surface area contributed by atoms with Crippen molar-refractivity contribution < 1.29 is 31.2 Å². The maximum atomic E-state index is 14.0. The zero-order valence-electron chi connectivity index (χ0n) is 22.9. The van der Waals surface area contributed by atoms with Gasteiger partial charge >= 0.3 is 6.18 Å². The summed E-state index contributed by atoms with van der Waals surface area (Å²) in [5, 5.41) is 2.56. The van der Waals surface area contributed by atoms with Crippen LogP contribution in [0.2, 0.25) is 10.0 Å². The average molecular weight is 645 g/mol. The van der Waals surface area contributed by atoms with E-state index < -0.39 is 56.9 Å². The summed E-state index contributed by atoms with van der Waals surface area (Å²) in [5.74, 6) is -1.27. The minimum absolute atomic E-state index is 0.0980. The largest absolute Gasteiger partial charge is 0.417 e. The molecular weight excluding hydrogens is 614 g/mol. The molecule has 0 bridgehead atoms. The number of alkyl halides is 3. The fraction of sp³-hybridized carbons (Fsp3) is 0.310. The number of nitrogens with one attached hydrogen (secondary N) is 1. The number of hydrogen-bond donors (Lipinski definition) is 1. The monoisotopic (exact) mass is 643 g/mol. The van der Waals surface area contributed by atoms with Crippen LogP contribution in [0.4, 0.5) is 18.9 Å². The highest BCUT2D eigenvalue weighted by atomic mass is 35.5. The molecule has 0 saturated heterocycles. The third kappa shape index (κ3) is 9.11. The highest BCUT2D eigenvalue weighted by Crippen LogP contribution is 2.37. The molecule has 13 heteroatoms. The summed E-state index contributed by atoms with van der Waals surface area (Å²) in [4.78, 5) is 28.7. The molecule has 0 saturated carbocycles. The number of amides is 2. The van der Waals surface area contributed by atoms with Gasteiger partial charge in [-0.1, -0.05) is 72.6 Å². The van der Waals surface area contributed by atoms with E-state index in [0.717, 1.165) is 24.0 Å². The normalized spacial score (nSPS) is 12.5. The van der Waals surface area contributed by atoms with Gasteiger partial charge in [0.1, 0.15) is 12.6 Å². The number of rotatable bonds is 12. The van der Waals surface area contributed by atoms with Crippen molar-refractivity contribution in [2.45, 2.75) is 38.5 Å². The topological polar surface area (TPSA) is 86.8 Å². The smallest absolute Gasteiger partial charge is 0.354 e. The molecule has 0 spiro atoms. The van der Waals surface area contributed by atoms with Gasteiger partial charge < -0.3 is 10.2 Å². The van der Waals surface area contributed by atoms with Gasteiger partial charge in [-0.3, -0.25) is 13.9 Å². The van der Waals surface area contributed by atoms with E-state index in [1.54, 1.807) is 54.6 Å². The number of carbonyl (C=O) groups excluding carboxylic acids is 2. The molecule has 0 aromatic heterocycles. The standard InChI is InChI=1S/C29H30Cl2F3N3O4S/c1-3-14-35-28(39)26(16-20-8-5-4-6-9-20)36(18-21-10-7-11-22(30)15-21)27(38)19-37(42(2,40)41)23-12-13-25(31)24(17-23)29(32,33)34/h4-13,15,17,26H,3,14,16,18-19H2,1-2H3,(H,35,39). The summed E-state index contributed by atoms with van der Waals surface area (Å²) < 4.78 is 66.9. The van der Waals surface area contributed by atoms with E-state index in [1.807, 2.05) is 6.92 Å². The van der Waals surface area contributed by atoms with Gasteiger partial charge in [0, 0.05) is 24.5 Å². The van der Waals surface area contributed by atoms with Gasteiger partial charge in [-0.15, -0.1) is 0 Å². The fourth-order valence-corrected chi connectivity index (χ4v) is 5.53. The van der Waals surface area contributed by atoms with Crippen LogP contribution < -0.4 is 9.62 Å². The molecule has 0 aliphatic heterocycles. The molecule has 0 aliphatic carbocycles. The Labute approximate surface area is 253 Å². The van der Waals surface area contributed by atoms with Gasteiger partial charge in [-0.05, 0) is 47.9 Å². The second-order valence-electron chi connectivity index (χ2n) is 9.58. The summed E-state index contributed by atoms with van der Waals surface area (Å²) in [6, 6.07) is 17.0. The first-order valence-electron chi connectivity index (χ1n) is 12.9. The van der Waals surface area contributed by atoms with E-state index in [4.69, 9.17) is 23.2 Å². The first-order chi connectivity index (χ1) is 19.7. The molecule has 3 aromatic rings. The molecular formula is C29H30Cl2F3N3O4S. The van der Waals surface area contributed by atoms with Crippen LogP contribution in [0.15, 0.2) is 72.8 Å². The van der Waals surface area contributed by atoms with Gasteiger partial charge in [0.25, 0.3) is 0 Å². The first-order valence-corrected chi connectivity index (χ1v) is 15.5. The maximum absolute atomic E-state index is 14.0. The van der Waals surface area contributed by atoms with E-state index in [2.05, 4.69) is 5.32 Å². The lowest BCUT2D eigenvalue weighted by molar-refractivity contribution is -0.140. The number of sulfonamides is 1. The summed E-state index contributed by atoms with van der Waals surface area (Å²) >= 11 is 11.9. The van der Waals surface area contributed by atoms with Gasteiger partial charge in [0.05, 0.1) is 22.5 Å². The molecule has 7 nitrogen and oxygen atoms in total. The highest BCUT2D eigenvalue weighted by Gasteiger charge is 2.36. The van der Waals surface area contributed by atoms with Crippen molar-refractivity contribution in [2.75, 3.05) is 23.7 Å². The number of halogens is 5. The quantitative estimate of drug-likeness (QED) is 0.264. The second-order valence-corrected chi connectivity index (χ2v) is 12.3. The summed E-state index contributed by atoms with van der Waals surface area (Å²) in [5.41, 5.74) is -0.348. The third-order valence-electron chi connectivity index (χ3n) is 6.28. The molecule has 1 unspecified atom stereocenters. The Bertz CT molecular complexity index is 1510. The molecule has 3 aromatic carbocycles. The lowest BCUT2D eigenvalue weighted by Gasteiger charge is -2.33. The Kier molecular flexibility index (Phi) is 11.3. The van der Waals surface area contributed by atoms with Crippen LogP contribution in [0.3, 0.4) is 0 Å². The summed E-state index contributed by atoms with van der Waals surface area (Å²) in [6.07, 6.45) is -3.36. The van der Waals surface area contributed by atoms with Gasteiger partial charge in [0.15, 0.2) is 0 Å². The van der Waals surface area contributed by atoms with Crippen molar-refractivity contribution in [1.82, 2.24) is 10.2 Å². The van der Waals surface area contributed by atoms with Crippen LogP contribution in [-0.4, -0.2) is 50.5 Å². The molecule has 0 fully saturated rings. The van der Waals surface area contributed by atoms with Gasteiger partial charge in [-0.25, -0.2) is 8.42 Å². The minimum atomic E-state index is -4.86. The van der Waals surface area contributed by atoms with E-state index in [9.17, 15) is 31.2 Å². The zero-order valence-corrected chi connectivity index (χ0v) is 25.2. The molecule has 1 N–H and O–H groups in total.